The first kappa shape index (κ1) is 20.6. The van der Waals surface area contributed by atoms with Crippen molar-refractivity contribution in [2.45, 2.75) is 38.6 Å². The van der Waals surface area contributed by atoms with Gasteiger partial charge in [0, 0.05) is 71.4 Å². The first-order valence-electron chi connectivity index (χ1n) is 10.5. The fraction of sp³-hybridized carbons (Fsp3) is 0.667. The van der Waals surface area contributed by atoms with Crippen LogP contribution in [0.25, 0.3) is 0 Å². The molecule has 7 nitrogen and oxygen atoms in total. The zero-order valence-corrected chi connectivity index (χ0v) is 17.2. The summed E-state index contributed by atoms with van der Waals surface area (Å²) in [5.74, 6) is 1.14. The van der Waals surface area contributed by atoms with E-state index in [0.717, 1.165) is 51.4 Å². The summed E-state index contributed by atoms with van der Waals surface area (Å²) in [4.78, 5) is 37.8. The van der Waals surface area contributed by atoms with Crippen molar-refractivity contribution in [1.29, 1.82) is 0 Å². The number of aromatic nitrogens is 1. The Kier molecular flexibility index (Phi) is 7.25. The average Bonchev–Trinajstić information content (AvgIpc) is 2.77. The van der Waals surface area contributed by atoms with Crippen molar-refractivity contribution >= 4 is 17.6 Å². The lowest BCUT2D eigenvalue weighted by Gasteiger charge is -2.37. The van der Waals surface area contributed by atoms with Crippen molar-refractivity contribution < 1.29 is 9.59 Å². The molecule has 3 heterocycles. The molecule has 2 amide bonds. The monoisotopic (exact) mass is 387 g/mol. The number of piperidine rings is 1. The summed E-state index contributed by atoms with van der Waals surface area (Å²) in [6, 6.07) is 6.20. The molecule has 0 N–H and O–H groups in total. The van der Waals surface area contributed by atoms with E-state index in [4.69, 9.17) is 0 Å². The number of rotatable bonds is 6. The Morgan fingerprint density at radius 3 is 2.39 bits per heavy atom. The van der Waals surface area contributed by atoms with E-state index in [-0.39, 0.29) is 11.8 Å². The normalized spacial score (nSPS) is 18.9. The van der Waals surface area contributed by atoms with Crippen molar-refractivity contribution in [2.75, 3.05) is 57.8 Å². The highest BCUT2D eigenvalue weighted by Crippen LogP contribution is 2.17. The molecular weight excluding hydrogens is 354 g/mol. The van der Waals surface area contributed by atoms with Gasteiger partial charge in [-0.05, 0) is 31.5 Å². The number of hydrogen-bond donors (Lipinski definition) is 0. The Morgan fingerprint density at radius 2 is 1.79 bits per heavy atom. The van der Waals surface area contributed by atoms with Crippen LogP contribution in [0.15, 0.2) is 24.4 Å². The number of anilines is 1. The second-order valence-electron chi connectivity index (χ2n) is 7.73. The molecule has 0 bridgehead atoms. The molecule has 3 rings (SSSR count). The molecule has 0 aromatic carbocycles. The lowest BCUT2D eigenvalue weighted by molar-refractivity contribution is -0.138. The minimum Gasteiger partial charge on any atom is -0.353 e. The van der Waals surface area contributed by atoms with E-state index in [0.29, 0.717) is 32.0 Å². The van der Waals surface area contributed by atoms with Crippen LogP contribution in [0.4, 0.5) is 5.82 Å². The predicted octanol–water partition coefficient (Wildman–Crippen LogP) is 1.45. The zero-order valence-electron chi connectivity index (χ0n) is 17.2. The van der Waals surface area contributed by atoms with Gasteiger partial charge in [0.15, 0.2) is 0 Å². The van der Waals surface area contributed by atoms with Gasteiger partial charge in [-0.15, -0.1) is 0 Å². The quantitative estimate of drug-likeness (QED) is 0.740. The Bertz CT molecular complexity index is 637. The molecule has 2 aliphatic heterocycles. The maximum Gasteiger partial charge on any atom is 0.223 e. The van der Waals surface area contributed by atoms with Gasteiger partial charge in [-0.1, -0.05) is 13.0 Å². The van der Waals surface area contributed by atoms with Crippen molar-refractivity contribution in [3.8, 4) is 0 Å². The lowest BCUT2D eigenvalue weighted by Crippen LogP contribution is -2.49. The highest BCUT2D eigenvalue weighted by Gasteiger charge is 2.26. The molecular formula is C21H33N5O2. The summed E-state index contributed by atoms with van der Waals surface area (Å²) >= 11 is 0. The number of carbonyl (C=O) groups excluding carboxylic acids is 2. The Morgan fingerprint density at radius 1 is 1.07 bits per heavy atom. The van der Waals surface area contributed by atoms with Crippen molar-refractivity contribution in [3.63, 3.8) is 0 Å². The molecule has 154 valence electrons. The lowest BCUT2D eigenvalue weighted by atomic mass is 10.0. The first-order chi connectivity index (χ1) is 13.6. The van der Waals surface area contributed by atoms with E-state index < -0.39 is 0 Å². The standard InChI is InChI=1S/C21H33N5O2/c1-3-24-12-9-18(10-13-24)23(2)20(27)7-8-21(28)26-16-14-25(15-17-26)19-6-4-5-11-22-19/h4-6,11,18H,3,7-10,12-17H2,1-2H3. The maximum atomic E-state index is 12.5. The molecule has 2 fully saturated rings. The predicted molar refractivity (Wildman–Crippen MR) is 110 cm³/mol. The van der Waals surface area contributed by atoms with Crippen molar-refractivity contribution in [1.82, 2.24) is 19.7 Å². The Balaban J connectivity index is 1.39. The van der Waals surface area contributed by atoms with Gasteiger partial charge in [0.05, 0.1) is 0 Å². The third-order valence-electron chi connectivity index (χ3n) is 6.10. The van der Waals surface area contributed by atoms with E-state index in [1.807, 2.05) is 35.0 Å². The molecule has 0 saturated carbocycles. The van der Waals surface area contributed by atoms with Crippen LogP contribution in [-0.4, -0.2) is 90.4 Å². The van der Waals surface area contributed by atoms with Crippen LogP contribution < -0.4 is 4.90 Å². The summed E-state index contributed by atoms with van der Waals surface area (Å²) in [5.41, 5.74) is 0. The Labute approximate surface area is 168 Å². The minimum absolute atomic E-state index is 0.0863. The van der Waals surface area contributed by atoms with Gasteiger partial charge >= 0.3 is 0 Å². The van der Waals surface area contributed by atoms with E-state index in [1.165, 1.54) is 0 Å². The number of likely N-dealkylation sites (tertiary alicyclic amines) is 1. The molecule has 28 heavy (non-hydrogen) atoms. The summed E-state index contributed by atoms with van der Waals surface area (Å²) in [5, 5.41) is 0. The molecule has 0 radical (unpaired) electrons. The van der Waals surface area contributed by atoms with Gasteiger partial charge in [-0.3, -0.25) is 9.59 Å². The van der Waals surface area contributed by atoms with Gasteiger partial charge in [0.1, 0.15) is 5.82 Å². The number of amides is 2. The topological polar surface area (TPSA) is 60.0 Å². The van der Waals surface area contributed by atoms with Crippen LogP contribution in [0.5, 0.6) is 0 Å². The fourth-order valence-corrected chi connectivity index (χ4v) is 4.10. The fourth-order valence-electron chi connectivity index (χ4n) is 4.10. The average molecular weight is 388 g/mol. The summed E-state index contributed by atoms with van der Waals surface area (Å²) in [6.45, 7) is 8.31. The molecule has 0 unspecified atom stereocenters. The van der Waals surface area contributed by atoms with Crippen LogP contribution >= 0.6 is 0 Å². The largest absolute Gasteiger partial charge is 0.353 e. The van der Waals surface area contributed by atoms with Crippen LogP contribution in [0, 0.1) is 0 Å². The van der Waals surface area contributed by atoms with Gasteiger partial charge in [-0.25, -0.2) is 4.98 Å². The molecule has 1 aromatic heterocycles. The summed E-state index contributed by atoms with van der Waals surface area (Å²) in [6.07, 6.45) is 4.46. The van der Waals surface area contributed by atoms with Crippen LogP contribution in [-0.2, 0) is 9.59 Å². The third-order valence-corrected chi connectivity index (χ3v) is 6.10. The van der Waals surface area contributed by atoms with Crippen molar-refractivity contribution in [3.05, 3.63) is 24.4 Å². The molecule has 0 spiro atoms. The summed E-state index contributed by atoms with van der Waals surface area (Å²) in [7, 11) is 1.89. The first-order valence-corrected chi connectivity index (χ1v) is 10.5. The van der Waals surface area contributed by atoms with Gasteiger partial charge in [0.2, 0.25) is 11.8 Å². The molecule has 0 atom stereocenters. The highest BCUT2D eigenvalue weighted by molar-refractivity contribution is 5.84. The van der Waals surface area contributed by atoms with E-state index in [2.05, 4.69) is 21.7 Å². The second-order valence-corrected chi connectivity index (χ2v) is 7.73. The SMILES string of the molecule is CCN1CCC(N(C)C(=O)CCC(=O)N2CCN(c3ccccn3)CC2)CC1. The summed E-state index contributed by atoms with van der Waals surface area (Å²) < 4.78 is 0. The van der Waals surface area contributed by atoms with E-state index >= 15 is 0 Å². The second kappa shape index (κ2) is 9.87. The Hall–Kier alpha value is -2.15. The molecule has 7 heteroatoms. The number of hydrogen-bond acceptors (Lipinski definition) is 5. The molecule has 2 aliphatic rings. The van der Waals surface area contributed by atoms with Crippen LogP contribution in [0.1, 0.15) is 32.6 Å². The highest BCUT2D eigenvalue weighted by atomic mass is 16.2. The number of piperazine rings is 1. The van der Waals surface area contributed by atoms with Crippen LogP contribution in [0.2, 0.25) is 0 Å². The van der Waals surface area contributed by atoms with E-state index in [1.54, 1.807) is 6.20 Å². The maximum absolute atomic E-state index is 12.5. The van der Waals surface area contributed by atoms with E-state index in [9.17, 15) is 9.59 Å². The molecule has 1 aromatic rings. The molecule has 2 saturated heterocycles. The van der Waals surface area contributed by atoms with Gasteiger partial charge < -0.3 is 19.6 Å². The minimum atomic E-state index is 0.0863. The smallest absolute Gasteiger partial charge is 0.223 e. The van der Waals surface area contributed by atoms with Crippen molar-refractivity contribution in [2.24, 2.45) is 0 Å². The number of nitrogens with zero attached hydrogens (tertiary/aromatic N) is 5. The number of carbonyl (C=O) groups is 2. The number of pyridine rings is 1. The van der Waals surface area contributed by atoms with Gasteiger partial charge in [0.25, 0.3) is 0 Å². The third kappa shape index (κ3) is 5.22. The van der Waals surface area contributed by atoms with Gasteiger partial charge in [-0.2, -0.15) is 0 Å². The van der Waals surface area contributed by atoms with Crippen LogP contribution in [0.3, 0.4) is 0 Å². The zero-order chi connectivity index (χ0) is 19.9. The molecule has 0 aliphatic carbocycles.